The molecule has 4 nitrogen and oxygen atoms in total. The largest absolute Gasteiger partial charge is 0.303 e. The van der Waals surface area contributed by atoms with Crippen molar-refractivity contribution in [2.75, 3.05) is 78.5 Å². The molecule has 1 saturated heterocycles. The predicted octanol–water partition coefficient (Wildman–Crippen LogP) is 17.5. The lowest BCUT2D eigenvalue weighted by molar-refractivity contribution is 0.154. The van der Waals surface area contributed by atoms with Crippen LogP contribution in [0.3, 0.4) is 0 Å². The molecule has 1 aliphatic rings. The summed E-state index contributed by atoms with van der Waals surface area (Å²) in [6.45, 7) is 27.7. The van der Waals surface area contributed by atoms with Crippen LogP contribution in [0.2, 0.25) is 0 Å². The fourth-order valence-electron chi connectivity index (χ4n) is 10.4. The average molecular weight is 874 g/mol. The summed E-state index contributed by atoms with van der Waals surface area (Å²) in [5.74, 6) is 0.970. The molecule has 0 atom stereocenters. The fraction of sp³-hybridized carbons (Fsp3) is 1.00. The zero-order valence-electron chi connectivity index (χ0n) is 44.1. The Hall–Kier alpha value is -0.160. The van der Waals surface area contributed by atoms with Crippen molar-refractivity contribution in [1.82, 2.24) is 19.6 Å². The quantitative estimate of drug-likeness (QED) is 0.0565. The van der Waals surface area contributed by atoms with Gasteiger partial charge < -0.3 is 19.6 Å². The minimum absolute atomic E-state index is 0.970. The van der Waals surface area contributed by atoms with E-state index in [1.807, 2.05) is 0 Å². The van der Waals surface area contributed by atoms with E-state index in [1.165, 1.54) is 335 Å². The van der Waals surface area contributed by atoms with Gasteiger partial charge in [0.2, 0.25) is 0 Å². The molecule has 1 fully saturated rings. The van der Waals surface area contributed by atoms with Crippen LogP contribution in [0.25, 0.3) is 0 Å². The number of unbranched alkanes of at least 4 members (excludes halogenated alkanes) is 30. The predicted molar refractivity (Wildman–Crippen MR) is 282 cm³/mol. The zero-order valence-corrected chi connectivity index (χ0v) is 44.1. The summed E-state index contributed by atoms with van der Waals surface area (Å²) < 4.78 is 0. The zero-order chi connectivity index (χ0) is 44.7. The van der Waals surface area contributed by atoms with E-state index in [9.17, 15) is 0 Å². The SMILES string of the molecule is CCCCCCCCCN(CCCCCCCCC)CCCC1CCN(CCCN(CCCCCCCCC)CCN(CCCCCCCCC)CCCCCCCCC)CC1. The van der Waals surface area contributed by atoms with Crippen molar-refractivity contribution < 1.29 is 0 Å². The molecule has 0 spiro atoms. The van der Waals surface area contributed by atoms with Crippen molar-refractivity contribution >= 4 is 0 Å². The lowest BCUT2D eigenvalue weighted by Crippen LogP contribution is -2.39. The summed E-state index contributed by atoms with van der Waals surface area (Å²) >= 11 is 0. The van der Waals surface area contributed by atoms with Crippen molar-refractivity contribution in [3.8, 4) is 0 Å². The standard InChI is InChI=1S/C58H120N4/c1-6-11-16-21-26-31-36-46-59(47-37-32-27-22-17-12-7-2)51-41-43-58-44-54-62(55-45-58)53-42-52-61(50-40-35-30-25-20-15-10-5)57-56-60(48-38-33-28-23-18-13-8-3)49-39-34-29-24-19-14-9-4/h58H,6-57H2,1-5H3. The van der Waals surface area contributed by atoms with Gasteiger partial charge in [-0.25, -0.2) is 0 Å². The van der Waals surface area contributed by atoms with Crippen LogP contribution in [0.1, 0.15) is 291 Å². The molecule has 1 aliphatic heterocycles. The topological polar surface area (TPSA) is 13.0 Å². The molecule has 0 aliphatic carbocycles. The first kappa shape index (κ1) is 59.9. The Bertz CT molecular complexity index is 790. The monoisotopic (exact) mass is 873 g/mol. The third kappa shape index (κ3) is 40.1. The second-order valence-corrected chi connectivity index (χ2v) is 20.9. The van der Waals surface area contributed by atoms with E-state index < -0.39 is 0 Å². The molecule has 0 radical (unpaired) electrons. The molecule has 1 heterocycles. The van der Waals surface area contributed by atoms with Gasteiger partial charge in [-0.15, -0.1) is 0 Å². The van der Waals surface area contributed by atoms with Crippen LogP contribution < -0.4 is 0 Å². The Kier molecular flexibility index (Phi) is 47.1. The fourth-order valence-corrected chi connectivity index (χ4v) is 10.4. The molecule has 62 heavy (non-hydrogen) atoms. The van der Waals surface area contributed by atoms with Crippen LogP contribution in [0, 0.1) is 5.92 Å². The van der Waals surface area contributed by atoms with Crippen LogP contribution in [0.4, 0.5) is 0 Å². The Balaban J connectivity index is 2.55. The average Bonchev–Trinajstić information content (AvgIpc) is 3.28. The molecule has 0 aromatic heterocycles. The smallest absolute Gasteiger partial charge is 0.0109 e. The first-order valence-corrected chi connectivity index (χ1v) is 29.6. The Morgan fingerprint density at radius 1 is 0.274 bits per heavy atom. The van der Waals surface area contributed by atoms with E-state index in [1.54, 1.807) is 0 Å². The highest BCUT2D eigenvalue weighted by Gasteiger charge is 2.20. The third-order valence-electron chi connectivity index (χ3n) is 14.9. The molecule has 0 aromatic rings. The van der Waals surface area contributed by atoms with E-state index in [-0.39, 0.29) is 0 Å². The van der Waals surface area contributed by atoms with Gasteiger partial charge in [0.05, 0.1) is 0 Å². The summed E-state index contributed by atoms with van der Waals surface area (Å²) in [5, 5.41) is 0. The van der Waals surface area contributed by atoms with Gasteiger partial charge in [0, 0.05) is 13.1 Å². The molecular formula is C58H120N4. The summed E-state index contributed by atoms with van der Waals surface area (Å²) in [5.41, 5.74) is 0. The molecule has 4 heteroatoms. The number of hydrogen-bond acceptors (Lipinski definition) is 4. The van der Waals surface area contributed by atoms with E-state index >= 15 is 0 Å². The van der Waals surface area contributed by atoms with Crippen LogP contribution in [0.15, 0.2) is 0 Å². The first-order chi connectivity index (χ1) is 30.7. The normalized spacial score (nSPS) is 14.1. The van der Waals surface area contributed by atoms with Gasteiger partial charge in [0.1, 0.15) is 0 Å². The van der Waals surface area contributed by atoms with Crippen LogP contribution in [0.5, 0.6) is 0 Å². The van der Waals surface area contributed by atoms with E-state index in [4.69, 9.17) is 0 Å². The van der Waals surface area contributed by atoms with Crippen LogP contribution in [-0.2, 0) is 0 Å². The third-order valence-corrected chi connectivity index (χ3v) is 14.9. The van der Waals surface area contributed by atoms with Crippen molar-refractivity contribution in [1.29, 1.82) is 0 Å². The number of likely N-dealkylation sites (tertiary alicyclic amines) is 1. The van der Waals surface area contributed by atoms with E-state index in [2.05, 4.69) is 54.2 Å². The number of rotatable bonds is 51. The van der Waals surface area contributed by atoms with Gasteiger partial charge in [-0.05, 0) is 136 Å². The van der Waals surface area contributed by atoms with Crippen LogP contribution in [-0.4, -0.2) is 98.1 Å². The highest BCUT2D eigenvalue weighted by molar-refractivity contribution is 4.74. The molecule has 1 rings (SSSR count). The van der Waals surface area contributed by atoms with E-state index in [0.717, 1.165) is 5.92 Å². The highest BCUT2D eigenvalue weighted by atomic mass is 15.2. The maximum Gasteiger partial charge on any atom is 0.0109 e. The summed E-state index contributed by atoms with van der Waals surface area (Å²) in [7, 11) is 0. The minimum Gasteiger partial charge on any atom is -0.303 e. The first-order valence-electron chi connectivity index (χ1n) is 29.6. The second kappa shape index (κ2) is 48.8. The van der Waals surface area contributed by atoms with Gasteiger partial charge in [-0.3, -0.25) is 0 Å². The number of nitrogens with zero attached hydrogens (tertiary/aromatic N) is 4. The van der Waals surface area contributed by atoms with Gasteiger partial charge in [0.15, 0.2) is 0 Å². The number of hydrogen-bond donors (Lipinski definition) is 0. The molecule has 0 aromatic carbocycles. The van der Waals surface area contributed by atoms with Crippen LogP contribution >= 0.6 is 0 Å². The second-order valence-electron chi connectivity index (χ2n) is 20.9. The molecule has 372 valence electrons. The molecule has 0 bridgehead atoms. The van der Waals surface area contributed by atoms with E-state index in [0.29, 0.717) is 0 Å². The van der Waals surface area contributed by atoms with Crippen molar-refractivity contribution in [2.45, 2.75) is 291 Å². The molecule has 0 saturated carbocycles. The maximum absolute atomic E-state index is 2.91. The Morgan fingerprint density at radius 3 is 0.823 bits per heavy atom. The van der Waals surface area contributed by atoms with Gasteiger partial charge >= 0.3 is 0 Å². The minimum atomic E-state index is 0.970. The lowest BCUT2D eigenvalue weighted by Gasteiger charge is -2.33. The molecule has 0 N–H and O–H groups in total. The molecular weight excluding hydrogens is 753 g/mol. The number of piperidine rings is 1. The maximum atomic E-state index is 2.91. The summed E-state index contributed by atoms with van der Waals surface area (Å²) in [6, 6.07) is 0. The Labute approximate surface area is 394 Å². The van der Waals surface area contributed by atoms with Crippen molar-refractivity contribution in [3.05, 3.63) is 0 Å². The molecule has 0 unspecified atom stereocenters. The highest BCUT2D eigenvalue weighted by Crippen LogP contribution is 2.23. The van der Waals surface area contributed by atoms with Gasteiger partial charge in [-0.1, -0.05) is 227 Å². The summed E-state index contributed by atoms with van der Waals surface area (Å²) in [4.78, 5) is 11.5. The Morgan fingerprint density at radius 2 is 0.516 bits per heavy atom. The summed E-state index contributed by atoms with van der Waals surface area (Å²) in [6.07, 6.45) is 57.1. The lowest BCUT2D eigenvalue weighted by atomic mass is 9.92. The van der Waals surface area contributed by atoms with Gasteiger partial charge in [0.25, 0.3) is 0 Å². The van der Waals surface area contributed by atoms with Crippen molar-refractivity contribution in [3.63, 3.8) is 0 Å². The van der Waals surface area contributed by atoms with Crippen molar-refractivity contribution in [2.24, 2.45) is 5.92 Å². The van der Waals surface area contributed by atoms with Gasteiger partial charge in [-0.2, -0.15) is 0 Å². The molecule has 0 amide bonds.